The Bertz CT molecular complexity index is 1460. The van der Waals surface area contributed by atoms with Gasteiger partial charge in [0.1, 0.15) is 0 Å². The number of hydrogen-bond donors (Lipinski definition) is 0. The van der Waals surface area contributed by atoms with E-state index in [0.717, 1.165) is 44.6 Å². The summed E-state index contributed by atoms with van der Waals surface area (Å²) in [6, 6.07) is 12.9. The molecular weight excluding hydrogens is 486 g/mol. The van der Waals surface area contributed by atoms with Crippen LogP contribution in [0.3, 0.4) is 0 Å². The summed E-state index contributed by atoms with van der Waals surface area (Å²) in [7, 11) is 3.23. The minimum atomic E-state index is -0.950. The number of nitrogens with zero attached hydrogens (tertiary/aromatic N) is 1. The summed E-state index contributed by atoms with van der Waals surface area (Å²) in [5.41, 5.74) is 11.8. The van der Waals surface area contributed by atoms with Crippen LogP contribution in [-0.2, 0) is 25.5 Å². The minimum Gasteiger partial charge on any atom is -0.467 e. The third-order valence-electron chi connectivity index (χ3n) is 7.91. The molecule has 0 radical (unpaired) electrons. The Morgan fingerprint density at radius 1 is 0.846 bits per heavy atom. The van der Waals surface area contributed by atoms with Crippen LogP contribution in [0.4, 0.5) is 5.69 Å². The lowest BCUT2D eigenvalue weighted by Gasteiger charge is -2.36. The topological polar surface area (TPSA) is 55.8 Å². The molecule has 1 aliphatic rings. The van der Waals surface area contributed by atoms with Crippen LogP contribution in [0.1, 0.15) is 72.2 Å². The summed E-state index contributed by atoms with van der Waals surface area (Å²) in [6.07, 6.45) is -0.0681. The summed E-state index contributed by atoms with van der Waals surface area (Å²) < 4.78 is 11.8. The Morgan fingerprint density at radius 3 is 1.87 bits per heavy atom. The van der Waals surface area contributed by atoms with Crippen molar-refractivity contribution in [2.45, 2.75) is 79.9 Å². The molecule has 206 valence electrons. The van der Waals surface area contributed by atoms with Crippen LogP contribution in [-0.4, -0.2) is 31.6 Å². The average molecular weight is 528 g/mol. The Morgan fingerprint density at radius 2 is 1.38 bits per heavy atom. The van der Waals surface area contributed by atoms with Gasteiger partial charge in [0.15, 0.2) is 6.10 Å². The van der Waals surface area contributed by atoms with Gasteiger partial charge in [-0.25, -0.2) is 4.79 Å². The number of methoxy groups -OCH3 is 1. The summed E-state index contributed by atoms with van der Waals surface area (Å²) in [5.74, 6) is -0.390. The van der Waals surface area contributed by atoms with E-state index in [1.54, 1.807) is 4.90 Å². The largest absolute Gasteiger partial charge is 0.467 e. The molecule has 3 aromatic rings. The van der Waals surface area contributed by atoms with Gasteiger partial charge in [-0.2, -0.15) is 0 Å². The zero-order valence-corrected chi connectivity index (χ0v) is 25.0. The van der Waals surface area contributed by atoms with Crippen molar-refractivity contribution in [1.29, 1.82) is 0 Å². The van der Waals surface area contributed by atoms with Crippen molar-refractivity contribution in [2.75, 3.05) is 19.1 Å². The number of fused-ring (bicyclic) bond motifs is 1. The number of ether oxygens (including phenoxy) is 2. The maximum atomic E-state index is 13.4. The van der Waals surface area contributed by atoms with Crippen molar-refractivity contribution >= 4 is 17.6 Å². The molecule has 1 atom stereocenters. The van der Waals surface area contributed by atoms with Gasteiger partial charge >= 0.3 is 5.97 Å². The van der Waals surface area contributed by atoms with Crippen LogP contribution < -0.4 is 4.90 Å². The van der Waals surface area contributed by atoms with E-state index in [1.165, 1.54) is 29.4 Å². The Balaban J connectivity index is 2.22. The lowest BCUT2D eigenvalue weighted by Crippen LogP contribution is -2.35. The van der Waals surface area contributed by atoms with Crippen molar-refractivity contribution in [1.82, 2.24) is 0 Å². The van der Waals surface area contributed by atoms with Gasteiger partial charge in [0.2, 0.25) is 5.91 Å². The first kappa shape index (κ1) is 28.6. The highest BCUT2D eigenvalue weighted by molar-refractivity contribution is 6.04. The molecule has 0 fully saturated rings. The van der Waals surface area contributed by atoms with Crippen molar-refractivity contribution in [3.05, 3.63) is 75.3 Å². The normalized spacial score (nSPS) is 14.3. The molecule has 5 nitrogen and oxygen atoms in total. The van der Waals surface area contributed by atoms with Crippen molar-refractivity contribution in [3.63, 3.8) is 0 Å². The molecule has 0 aromatic heterocycles. The van der Waals surface area contributed by atoms with Crippen LogP contribution in [0.5, 0.6) is 0 Å². The van der Waals surface area contributed by atoms with Crippen molar-refractivity contribution < 1.29 is 19.1 Å². The highest BCUT2D eigenvalue weighted by Crippen LogP contribution is 2.50. The third-order valence-corrected chi connectivity index (χ3v) is 7.91. The number of rotatable bonds is 5. The summed E-state index contributed by atoms with van der Waals surface area (Å²) in [4.78, 5) is 28.3. The number of hydrogen-bond acceptors (Lipinski definition) is 4. The van der Waals surface area contributed by atoms with Gasteiger partial charge in [-0.15, -0.1) is 0 Å². The molecular formula is C34H41NO4. The van der Waals surface area contributed by atoms with E-state index >= 15 is 0 Å². The highest BCUT2D eigenvalue weighted by Gasteiger charge is 2.38. The number of carbonyl (C=O) groups excluding carboxylic acids is 2. The number of amides is 1. The average Bonchev–Trinajstić information content (AvgIpc) is 2.87. The van der Waals surface area contributed by atoms with Crippen LogP contribution in [0.2, 0.25) is 0 Å². The zero-order valence-electron chi connectivity index (χ0n) is 25.0. The number of aryl methyl sites for hydroxylation is 4. The molecule has 0 saturated carbocycles. The molecule has 0 spiro atoms. The van der Waals surface area contributed by atoms with Crippen LogP contribution in [0.25, 0.3) is 22.3 Å². The molecule has 0 bridgehead atoms. The van der Waals surface area contributed by atoms with Gasteiger partial charge < -0.3 is 14.4 Å². The van der Waals surface area contributed by atoms with Gasteiger partial charge in [-0.05, 0) is 112 Å². The van der Waals surface area contributed by atoms with Crippen LogP contribution >= 0.6 is 0 Å². The van der Waals surface area contributed by atoms with Gasteiger partial charge in [-0.3, -0.25) is 4.79 Å². The van der Waals surface area contributed by atoms with Gasteiger partial charge in [0, 0.05) is 24.6 Å². The molecule has 1 unspecified atom stereocenters. The standard InChI is InChI=1S/C34H41NO4/c1-19-11-13-24(17-21(19)3)28-23(5)29(25-14-12-20(2)22(4)18-25)31-26(15-16-27(36)35(31)9)30(28)32(33(37)38-10)39-34(6,7)8/h11-14,17-18,32H,15-16H2,1-10H3. The molecule has 1 heterocycles. The summed E-state index contributed by atoms with van der Waals surface area (Å²) in [5, 5.41) is 0. The molecule has 5 heteroatoms. The van der Waals surface area contributed by atoms with Crippen LogP contribution in [0.15, 0.2) is 36.4 Å². The second kappa shape index (κ2) is 10.6. The minimum absolute atomic E-state index is 0.0585. The van der Waals surface area contributed by atoms with E-state index < -0.39 is 17.7 Å². The molecule has 0 N–H and O–H groups in total. The van der Waals surface area contributed by atoms with Crippen molar-refractivity contribution in [2.24, 2.45) is 0 Å². The number of anilines is 1. The molecule has 1 aliphatic heterocycles. The fourth-order valence-electron chi connectivity index (χ4n) is 5.58. The molecule has 1 amide bonds. The van der Waals surface area contributed by atoms with E-state index in [0.29, 0.717) is 12.8 Å². The predicted octanol–water partition coefficient (Wildman–Crippen LogP) is 7.50. The smallest absolute Gasteiger partial charge is 0.339 e. The lowest BCUT2D eigenvalue weighted by molar-refractivity contribution is -0.164. The third kappa shape index (κ3) is 5.38. The monoisotopic (exact) mass is 527 g/mol. The number of benzene rings is 3. The van der Waals surface area contributed by atoms with E-state index in [1.807, 2.05) is 27.8 Å². The van der Waals surface area contributed by atoms with Gasteiger partial charge in [0.25, 0.3) is 0 Å². The number of carbonyl (C=O) groups is 2. The van der Waals surface area contributed by atoms with E-state index in [2.05, 4.69) is 71.0 Å². The lowest BCUT2D eigenvalue weighted by atomic mass is 9.78. The maximum Gasteiger partial charge on any atom is 0.339 e. The van der Waals surface area contributed by atoms with Gasteiger partial charge in [0.05, 0.1) is 18.4 Å². The van der Waals surface area contributed by atoms with E-state index in [4.69, 9.17) is 9.47 Å². The second-order valence-corrected chi connectivity index (χ2v) is 11.8. The highest BCUT2D eigenvalue weighted by atomic mass is 16.6. The molecule has 4 rings (SSSR count). The van der Waals surface area contributed by atoms with Gasteiger partial charge in [-0.1, -0.05) is 36.4 Å². The maximum absolute atomic E-state index is 13.4. The fourth-order valence-corrected chi connectivity index (χ4v) is 5.58. The van der Waals surface area contributed by atoms with E-state index in [9.17, 15) is 9.59 Å². The molecule has 3 aromatic carbocycles. The SMILES string of the molecule is COC(=O)C(OC(C)(C)C)c1c2c(c(-c3ccc(C)c(C)c3)c(C)c1-c1ccc(C)c(C)c1)N(C)C(=O)CC2. The summed E-state index contributed by atoms with van der Waals surface area (Å²) in [6.45, 7) is 16.3. The second-order valence-electron chi connectivity index (χ2n) is 11.8. The van der Waals surface area contributed by atoms with E-state index in [-0.39, 0.29) is 5.91 Å². The first-order valence-corrected chi connectivity index (χ1v) is 13.6. The Hall–Kier alpha value is -3.44. The summed E-state index contributed by atoms with van der Waals surface area (Å²) >= 11 is 0. The first-order chi connectivity index (χ1) is 18.2. The number of esters is 1. The fraction of sp³-hybridized carbons (Fsp3) is 0.412. The molecule has 0 aliphatic carbocycles. The Kier molecular flexibility index (Phi) is 7.77. The first-order valence-electron chi connectivity index (χ1n) is 13.6. The predicted molar refractivity (Wildman–Crippen MR) is 158 cm³/mol. The Labute approximate surface area is 233 Å². The van der Waals surface area contributed by atoms with Crippen molar-refractivity contribution in [3.8, 4) is 22.3 Å². The zero-order chi connectivity index (χ0) is 28.8. The van der Waals surface area contributed by atoms with Crippen LogP contribution in [0, 0.1) is 34.6 Å². The molecule has 0 saturated heterocycles. The quantitative estimate of drug-likeness (QED) is 0.322. The molecule has 39 heavy (non-hydrogen) atoms.